The van der Waals surface area contributed by atoms with Crippen LogP contribution in [-0.4, -0.2) is 25.1 Å². The molecule has 0 radical (unpaired) electrons. The van der Waals surface area contributed by atoms with Gasteiger partial charge in [-0.2, -0.15) is 0 Å². The van der Waals surface area contributed by atoms with E-state index in [1.54, 1.807) is 55.5 Å². The summed E-state index contributed by atoms with van der Waals surface area (Å²) < 4.78 is 17.0. The van der Waals surface area contributed by atoms with E-state index >= 15 is 0 Å². The fraction of sp³-hybridized carbons (Fsp3) is 0.233. The molecule has 1 aromatic heterocycles. The lowest BCUT2D eigenvalue weighted by Gasteiger charge is -2.25. The monoisotopic (exact) mass is 497 g/mol. The van der Waals surface area contributed by atoms with Gasteiger partial charge in [-0.05, 0) is 67.4 Å². The largest absolute Gasteiger partial charge is 0.494 e. The standard InChI is InChI=1S/C30H27NO6/c1-3-5-17-36-22-10-8-9-20(18-22)26-25-27(32)23-11-6-7-12-24(23)37-28(25)29(33)31(26)21-15-13-19(14-16-21)30(34)35-4-2/h6-16,18,26H,3-5,17H2,1-2H3. The molecule has 1 aliphatic rings. The number of amides is 1. The van der Waals surface area contributed by atoms with Crippen LogP contribution in [0.1, 0.15) is 64.8 Å². The van der Waals surface area contributed by atoms with Gasteiger partial charge in [0, 0.05) is 5.69 Å². The minimum atomic E-state index is -0.730. The Balaban J connectivity index is 1.65. The molecule has 4 aromatic rings. The van der Waals surface area contributed by atoms with Gasteiger partial charge in [-0.3, -0.25) is 14.5 Å². The lowest BCUT2D eigenvalue weighted by atomic mass is 9.98. The molecule has 7 nitrogen and oxygen atoms in total. The highest BCUT2D eigenvalue weighted by Crippen LogP contribution is 2.42. The Bertz CT molecular complexity index is 1520. The molecule has 188 valence electrons. The highest BCUT2D eigenvalue weighted by atomic mass is 16.5. The summed E-state index contributed by atoms with van der Waals surface area (Å²) in [6.45, 7) is 4.67. The van der Waals surface area contributed by atoms with Crippen LogP contribution in [0.25, 0.3) is 11.0 Å². The van der Waals surface area contributed by atoms with E-state index in [9.17, 15) is 14.4 Å². The maximum atomic E-state index is 13.8. The fourth-order valence-electron chi connectivity index (χ4n) is 4.58. The van der Waals surface area contributed by atoms with Crippen LogP contribution in [0.15, 0.2) is 82.0 Å². The molecule has 1 amide bonds. The molecule has 5 rings (SSSR count). The second kappa shape index (κ2) is 10.3. The van der Waals surface area contributed by atoms with E-state index in [0.717, 1.165) is 18.4 Å². The number of carbonyl (C=O) groups is 2. The molecule has 1 unspecified atom stereocenters. The lowest BCUT2D eigenvalue weighted by Crippen LogP contribution is -2.29. The topological polar surface area (TPSA) is 86.0 Å². The Morgan fingerprint density at radius 2 is 1.76 bits per heavy atom. The van der Waals surface area contributed by atoms with Crippen molar-refractivity contribution in [2.75, 3.05) is 18.1 Å². The van der Waals surface area contributed by atoms with Crippen LogP contribution in [0.4, 0.5) is 5.69 Å². The predicted octanol–water partition coefficient (Wildman–Crippen LogP) is 5.90. The zero-order chi connectivity index (χ0) is 25.9. The van der Waals surface area contributed by atoms with E-state index < -0.39 is 17.9 Å². The lowest BCUT2D eigenvalue weighted by molar-refractivity contribution is 0.0526. The van der Waals surface area contributed by atoms with Crippen LogP contribution >= 0.6 is 0 Å². The van der Waals surface area contributed by atoms with E-state index in [4.69, 9.17) is 13.9 Å². The van der Waals surface area contributed by atoms with Gasteiger partial charge in [0.1, 0.15) is 11.3 Å². The first kappa shape index (κ1) is 24.3. The number of carbonyl (C=O) groups excluding carboxylic acids is 2. The Kier molecular flexibility index (Phi) is 6.77. The van der Waals surface area contributed by atoms with Crippen LogP contribution in [0.5, 0.6) is 5.75 Å². The molecule has 2 heterocycles. The smallest absolute Gasteiger partial charge is 0.338 e. The molecule has 0 spiro atoms. The van der Waals surface area contributed by atoms with E-state index in [1.807, 2.05) is 24.3 Å². The molecule has 0 saturated heterocycles. The Hall–Kier alpha value is -4.39. The van der Waals surface area contributed by atoms with E-state index in [-0.39, 0.29) is 23.4 Å². The van der Waals surface area contributed by atoms with Crippen molar-refractivity contribution >= 4 is 28.5 Å². The van der Waals surface area contributed by atoms with Crippen molar-refractivity contribution in [1.29, 1.82) is 0 Å². The molecule has 0 bridgehead atoms. The second-order valence-electron chi connectivity index (χ2n) is 8.79. The summed E-state index contributed by atoms with van der Waals surface area (Å²) in [5, 5.41) is 0.411. The van der Waals surface area contributed by atoms with Crippen molar-refractivity contribution in [2.45, 2.75) is 32.7 Å². The van der Waals surface area contributed by atoms with Gasteiger partial charge in [0.25, 0.3) is 5.91 Å². The van der Waals surface area contributed by atoms with Gasteiger partial charge < -0.3 is 13.9 Å². The highest BCUT2D eigenvalue weighted by Gasteiger charge is 2.43. The molecule has 37 heavy (non-hydrogen) atoms. The first-order chi connectivity index (χ1) is 18.0. The maximum absolute atomic E-state index is 13.8. The minimum absolute atomic E-state index is 0.0143. The molecule has 0 fully saturated rings. The van der Waals surface area contributed by atoms with Gasteiger partial charge >= 0.3 is 5.97 Å². The number of nitrogens with zero attached hydrogens (tertiary/aromatic N) is 1. The zero-order valence-electron chi connectivity index (χ0n) is 20.7. The second-order valence-corrected chi connectivity index (χ2v) is 8.79. The molecular formula is C30H27NO6. The fourth-order valence-corrected chi connectivity index (χ4v) is 4.58. The number of rotatable bonds is 8. The number of para-hydroxylation sites is 1. The van der Waals surface area contributed by atoms with E-state index in [1.165, 1.54) is 4.90 Å². The Morgan fingerprint density at radius 3 is 2.51 bits per heavy atom. The van der Waals surface area contributed by atoms with Gasteiger partial charge in [0.15, 0.2) is 5.43 Å². The van der Waals surface area contributed by atoms with Crippen molar-refractivity contribution in [3.63, 3.8) is 0 Å². The average molecular weight is 498 g/mol. The van der Waals surface area contributed by atoms with Gasteiger partial charge in [-0.1, -0.05) is 37.6 Å². The summed E-state index contributed by atoms with van der Waals surface area (Å²) in [6, 6.07) is 20.2. The average Bonchev–Trinajstić information content (AvgIpc) is 3.22. The number of ether oxygens (including phenoxy) is 2. The first-order valence-corrected chi connectivity index (χ1v) is 12.4. The predicted molar refractivity (Wildman–Crippen MR) is 140 cm³/mol. The minimum Gasteiger partial charge on any atom is -0.494 e. The van der Waals surface area contributed by atoms with Crippen molar-refractivity contribution in [1.82, 2.24) is 0 Å². The molecule has 7 heteroatoms. The highest BCUT2D eigenvalue weighted by molar-refractivity contribution is 6.10. The normalized spacial score (nSPS) is 14.6. The quantitative estimate of drug-likeness (QED) is 0.223. The number of unbranched alkanes of at least 4 members (excludes halogenated alkanes) is 1. The van der Waals surface area contributed by atoms with Gasteiger partial charge in [0.05, 0.1) is 35.8 Å². The first-order valence-electron chi connectivity index (χ1n) is 12.4. The molecule has 0 aliphatic carbocycles. The van der Waals surface area contributed by atoms with Crippen molar-refractivity contribution < 1.29 is 23.5 Å². The number of benzene rings is 3. The van der Waals surface area contributed by atoms with Crippen LogP contribution in [0.3, 0.4) is 0 Å². The van der Waals surface area contributed by atoms with Crippen molar-refractivity contribution in [2.24, 2.45) is 0 Å². The zero-order valence-corrected chi connectivity index (χ0v) is 20.7. The summed E-state index contributed by atoms with van der Waals surface area (Å²) >= 11 is 0. The van der Waals surface area contributed by atoms with Crippen LogP contribution in [-0.2, 0) is 4.74 Å². The molecule has 3 aromatic carbocycles. The summed E-state index contributed by atoms with van der Waals surface area (Å²) in [6.07, 6.45) is 1.93. The number of hydrogen-bond acceptors (Lipinski definition) is 6. The SMILES string of the molecule is CCCCOc1cccc(C2c3c(oc4ccccc4c3=O)C(=O)N2c2ccc(C(=O)OCC)cc2)c1. The number of hydrogen-bond donors (Lipinski definition) is 0. The molecule has 0 saturated carbocycles. The molecular weight excluding hydrogens is 470 g/mol. The molecule has 0 N–H and O–H groups in total. The van der Waals surface area contributed by atoms with E-state index in [2.05, 4.69) is 6.92 Å². The third-order valence-corrected chi connectivity index (χ3v) is 6.37. The van der Waals surface area contributed by atoms with Crippen molar-refractivity contribution in [3.8, 4) is 5.75 Å². The summed E-state index contributed by atoms with van der Waals surface area (Å²) in [5.41, 5.74) is 2.00. The summed E-state index contributed by atoms with van der Waals surface area (Å²) in [4.78, 5) is 41.2. The summed E-state index contributed by atoms with van der Waals surface area (Å²) in [7, 11) is 0. The summed E-state index contributed by atoms with van der Waals surface area (Å²) in [5.74, 6) is -0.194. The maximum Gasteiger partial charge on any atom is 0.338 e. The van der Waals surface area contributed by atoms with Gasteiger partial charge in [-0.25, -0.2) is 4.79 Å². The third-order valence-electron chi connectivity index (χ3n) is 6.37. The molecule has 1 aliphatic heterocycles. The Labute approximate surface area is 214 Å². The number of anilines is 1. The van der Waals surface area contributed by atoms with Crippen molar-refractivity contribution in [3.05, 3.63) is 105 Å². The van der Waals surface area contributed by atoms with Crippen LogP contribution in [0, 0.1) is 0 Å². The third kappa shape index (κ3) is 4.48. The van der Waals surface area contributed by atoms with Crippen LogP contribution in [0.2, 0.25) is 0 Å². The number of esters is 1. The van der Waals surface area contributed by atoms with Gasteiger partial charge in [0.2, 0.25) is 5.76 Å². The van der Waals surface area contributed by atoms with E-state index in [0.29, 0.717) is 34.6 Å². The molecule has 1 atom stereocenters. The van der Waals surface area contributed by atoms with Gasteiger partial charge in [-0.15, -0.1) is 0 Å². The number of fused-ring (bicyclic) bond motifs is 2. The van der Waals surface area contributed by atoms with Crippen LogP contribution < -0.4 is 15.1 Å². The Morgan fingerprint density at radius 1 is 0.973 bits per heavy atom.